The zero-order chi connectivity index (χ0) is 16.3. The first-order valence-corrected chi connectivity index (χ1v) is 9.76. The molecule has 1 rings (SSSR count). The number of hydrogen-bond acceptors (Lipinski definition) is 5. The monoisotopic (exact) mass is 312 g/mol. The average Bonchev–Trinajstić information content (AvgIpc) is 2.37. The summed E-state index contributed by atoms with van der Waals surface area (Å²) in [7, 11) is -0.373. The summed E-state index contributed by atoms with van der Waals surface area (Å²) in [6.07, 6.45) is 0.948. The molecular weight excluding hydrogens is 288 g/mol. The van der Waals surface area contributed by atoms with E-state index in [-0.39, 0.29) is 16.8 Å². The summed E-state index contributed by atoms with van der Waals surface area (Å²) in [6.45, 7) is 11.2. The number of methoxy groups -OCH3 is 1. The van der Waals surface area contributed by atoms with Crippen LogP contribution in [-0.4, -0.2) is 31.9 Å². The summed E-state index contributed by atoms with van der Waals surface area (Å²) in [4.78, 5) is 14.4. The normalized spacial score (nSPS) is 14.0. The summed E-state index contributed by atoms with van der Waals surface area (Å²) >= 11 is 0. The van der Waals surface area contributed by atoms with Crippen molar-refractivity contribution in [3.05, 3.63) is 34.1 Å². The van der Waals surface area contributed by atoms with E-state index in [1.165, 1.54) is 12.3 Å². The van der Waals surface area contributed by atoms with Gasteiger partial charge in [-0.3, -0.25) is 15.1 Å². The highest BCUT2D eigenvalue weighted by molar-refractivity contribution is 6.74. The van der Waals surface area contributed by atoms with E-state index in [1.807, 2.05) is 0 Å². The molecule has 0 radical (unpaired) electrons. The first-order chi connectivity index (χ1) is 9.58. The zero-order valence-electron chi connectivity index (χ0n) is 13.5. The lowest BCUT2D eigenvalue weighted by Crippen LogP contribution is -2.42. The lowest BCUT2D eigenvalue weighted by molar-refractivity contribution is -0.385. The van der Waals surface area contributed by atoms with Crippen LogP contribution in [0.5, 0.6) is 0 Å². The smallest absolute Gasteiger partial charge is 0.287 e. The van der Waals surface area contributed by atoms with E-state index in [9.17, 15) is 10.1 Å². The van der Waals surface area contributed by atoms with Gasteiger partial charge in [0.1, 0.15) is 12.3 Å². The lowest BCUT2D eigenvalue weighted by Gasteiger charge is -2.39. The first kappa shape index (κ1) is 17.7. The highest BCUT2D eigenvalue weighted by Gasteiger charge is 2.39. The van der Waals surface area contributed by atoms with Crippen LogP contribution in [0.2, 0.25) is 18.1 Å². The molecule has 0 saturated heterocycles. The maximum Gasteiger partial charge on any atom is 0.287 e. The van der Waals surface area contributed by atoms with Crippen molar-refractivity contribution in [1.82, 2.24) is 4.98 Å². The van der Waals surface area contributed by atoms with Gasteiger partial charge in [0.25, 0.3) is 5.69 Å². The molecule has 1 atom stereocenters. The minimum atomic E-state index is -1.98. The topological polar surface area (TPSA) is 74.5 Å². The second-order valence-electron chi connectivity index (χ2n) is 6.52. The Hall–Kier alpha value is -1.31. The van der Waals surface area contributed by atoms with E-state index in [4.69, 9.17) is 9.16 Å². The molecule has 0 aliphatic rings. The van der Waals surface area contributed by atoms with E-state index in [2.05, 4.69) is 38.8 Å². The average molecular weight is 312 g/mol. The van der Waals surface area contributed by atoms with Crippen molar-refractivity contribution in [2.75, 3.05) is 13.7 Å². The molecule has 0 N–H and O–H groups in total. The fraction of sp³-hybridized carbons (Fsp3) is 0.643. The van der Waals surface area contributed by atoms with E-state index >= 15 is 0 Å². The van der Waals surface area contributed by atoms with E-state index in [0.29, 0.717) is 12.3 Å². The Kier molecular flexibility index (Phi) is 5.60. The van der Waals surface area contributed by atoms with Gasteiger partial charge in [0.05, 0.1) is 17.2 Å². The Labute approximate surface area is 126 Å². The third-order valence-corrected chi connectivity index (χ3v) is 8.36. The molecular formula is C14H24N2O4Si. The number of ether oxygens (including phenoxy) is 1. The number of aromatic nitrogens is 1. The molecule has 0 bridgehead atoms. The van der Waals surface area contributed by atoms with Crippen LogP contribution in [0.4, 0.5) is 5.69 Å². The molecule has 1 unspecified atom stereocenters. The largest absolute Gasteiger partial charge is 0.406 e. The van der Waals surface area contributed by atoms with Crippen LogP contribution >= 0.6 is 0 Å². The van der Waals surface area contributed by atoms with Gasteiger partial charge in [-0.25, -0.2) is 0 Å². The summed E-state index contributed by atoms with van der Waals surface area (Å²) in [6, 6.07) is 3.08. The Morgan fingerprint density at radius 2 is 2.00 bits per heavy atom. The van der Waals surface area contributed by atoms with E-state index < -0.39 is 13.2 Å². The molecule has 0 aliphatic heterocycles. The summed E-state index contributed by atoms with van der Waals surface area (Å²) < 4.78 is 11.5. The minimum Gasteiger partial charge on any atom is -0.406 e. The number of rotatable bonds is 6. The maximum atomic E-state index is 10.7. The molecule has 6 nitrogen and oxygen atoms in total. The maximum absolute atomic E-state index is 10.7. The van der Waals surface area contributed by atoms with Gasteiger partial charge in [0, 0.05) is 13.2 Å². The molecule has 0 spiro atoms. The molecule has 1 aromatic heterocycles. The van der Waals surface area contributed by atoms with Gasteiger partial charge in [-0.05, 0) is 24.2 Å². The highest BCUT2D eigenvalue weighted by Crippen LogP contribution is 2.39. The van der Waals surface area contributed by atoms with Gasteiger partial charge in [0.2, 0.25) is 0 Å². The van der Waals surface area contributed by atoms with Gasteiger partial charge >= 0.3 is 0 Å². The van der Waals surface area contributed by atoms with Crippen molar-refractivity contribution in [2.45, 2.75) is 45.0 Å². The van der Waals surface area contributed by atoms with Gasteiger partial charge in [0.15, 0.2) is 8.32 Å². The SMILES string of the molecule is COCC(O[Si](C)(C)C(C)(C)C)c1ccc([N+](=O)[O-])cn1. The van der Waals surface area contributed by atoms with Crippen molar-refractivity contribution in [2.24, 2.45) is 0 Å². The van der Waals surface area contributed by atoms with Gasteiger partial charge in [-0.15, -0.1) is 0 Å². The predicted octanol–water partition coefficient (Wildman–Crippen LogP) is 3.70. The molecule has 0 amide bonds. The third-order valence-electron chi connectivity index (χ3n) is 3.87. The Morgan fingerprint density at radius 3 is 2.38 bits per heavy atom. The minimum absolute atomic E-state index is 0.0257. The van der Waals surface area contributed by atoms with Crippen LogP contribution in [0.25, 0.3) is 0 Å². The van der Waals surface area contributed by atoms with Crippen LogP contribution in [0, 0.1) is 10.1 Å². The molecule has 7 heteroatoms. The number of nitrogens with zero attached hydrogens (tertiary/aromatic N) is 2. The molecule has 21 heavy (non-hydrogen) atoms. The van der Waals surface area contributed by atoms with Gasteiger partial charge in [-0.2, -0.15) is 0 Å². The van der Waals surface area contributed by atoms with Crippen LogP contribution < -0.4 is 0 Å². The van der Waals surface area contributed by atoms with Crippen LogP contribution in [-0.2, 0) is 9.16 Å². The van der Waals surface area contributed by atoms with E-state index in [0.717, 1.165) is 0 Å². The van der Waals surface area contributed by atoms with E-state index in [1.54, 1.807) is 13.2 Å². The second-order valence-corrected chi connectivity index (χ2v) is 11.3. The molecule has 0 fully saturated rings. The fourth-order valence-electron chi connectivity index (χ4n) is 1.56. The Morgan fingerprint density at radius 1 is 1.38 bits per heavy atom. The van der Waals surface area contributed by atoms with Crippen molar-refractivity contribution in [3.8, 4) is 0 Å². The molecule has 0 saturated carbocycles. The van der Waals surface area contributed by atoms with Gasteiger partial charge < -0.3 is 9.16 Å². The number of nitro groups is 1. The van der Waals surface area contributed by atoms with Crippen LogP contribution in [0.3, 0.4) is 0 Å². The van der Waals surface area contributed by atoms with Crippen molar-refractivity contribution >= 4 is 14.0 Å². The Balaban J connectivity index is 2.99. The quantitative estimate of drug-likeness (QED) is 0.455. The number of pyridine rings is 1. The molecule has 118 valence electrons. The summed E-state index contributed by atoms with van der Waals surface area (Å²) in [5.41, 5.74) is 0.634. The first-order valence-electron chi connectivity index (χ1n) is 6.85. The lowest BCUT2D eigenvalue weighted by atomic mass is 10.2. The second kappa shape index (κ2) is 6.63. The third kappa shape index (κ3) is 4.59. The van der Waals surface area contributed by atoms with Crippen molar-refractivity contribution < 1.29 is 14.1 Å². The van der Waals surface area contributed by atoms with Crippen molar-refractivity contribution in [1.29, 1.82) is 0 Å². The zero-order valence-corrected chi connectivity index (χ0v) is 14.5. The standard InChI is InChI=1S/C14H24N2O4Si/c1-14(2,3)21(5,6)20-13(10-19-4)12-8-7-11(9-15-12)16(17)18/h7-9,13H,10H2,1-6H3. The molecule has 0 aromatic carbocycles. The van der Waals surface area contributed by atoms with Crippen LogP contribution in [0.15, 0.2) is 18.3 Å². The summed E-state index contributed by atoms with van der Waals surface area (Å²) in [5, 5.41) is 10.8. The molecule has 1 heterocycles. The Bertz CT molecular complexity index is 483. The van der Waals surface area contributed by atoms with Crippen molar-refractivity contribution in [3.63, 3.8) is 0 Å². The predicted molar refractivity (Wildman–Crippen MR) is 83.8 cm³/mol. The van der Waals surface area contributed by atoms with Crippen LogP contribution in [0.1, 0.15) is 32.6 Å². The number of hydrogen-bond donors (Lipinski definition) is 0. The molecule has 1 aromatic rings. The summed E-state index contributed by atoms with van der Waals surface area (Å²) in [5.74, 6) is 0. The fourth-order valence-corrected chi connectivity index (χ4v) is 2.81. The van der Waals surface area contributed by atoms with Gasteiger partial charge in [-0.1, -0.05) is 20.8 Å². The highest BCUT2D eigenvalue weighted by atomic mass is 28.4. The molecule has 0 aliphatic carbocycles.